The zero-order valence-corrected chi connectivity index (χ0v) is 11.3. The number of ether oxygens (including phenoxy) is 1. The molecule has 5 heteroatoms. The van der Waals surface area contributed by atoms with Crippen LogP contribution in [0.15, 0.2) is 28.8 Å². The monoisotopic (exact) mass is 272 g/mol. The molecule has 0 saturated heterocycles. The zero-order chi connectivity index (χ0) is 14.1. The van der Waals surface area contributed by atoms with Crippen molar-refractivity contribution in [2.75, 3.05) is 12.8 Å². The first kappa shape index (κ1) is 12.7. The standard InChI is InChI=1S/C15H16N2O3/c1-19-15(18)10-7-5-9(6-8-10)11-3-2-4-12-13(11)17-20-14(12)16/h5-8,11H,2-4,16H2,1H3. The summed E-state index contributed by atoms with van der Waals surface area (Å²) in [7, 11) is 1.38. The molecule has 2 aromatic rings. The molecule has 3 rings (SSSR count). The average Bonchev–Trinajstić information content (AvgIpc) is 2.88. The summed E-state index contributed by atoms with van der Waals surface area (Å²) in [5, 5.41) is 4.10. The first-order valence-corrected chi connectivity index (χ1v) is 6.63. The largest absolute Gasteiger partial charge is 0.465 e. The number of esters is 1. The van der Waals surface area contributed by atoms with Gasteiger partial charge < -0.3 is 15.0 Å². The molecular weight excluding hydrogens is 256 g/mol. The minimum absolute atomic E-state index is 0.187. The molecular formula is C15H16N2O3. The molecule has 104 valence electrons. The molecule has 0 radical (unpaired) electrons. The Labute approximate surface area is 116 Å². The van der Waals surface area contributed by atoms with E-state index in [0.717, 1.165) is 36.1 Å². The maximum atomic E-state index is 11.4. The maximum absolute atomic E-state index is 11.4. The molecule has 0 bridgehead atoms. The summed E-state index contributed by atoms with van der Waals surface area (Å²) in [6.07, 6.45) is 2.99. The second kappa shape index (κ2) is 5.00. The number of carbonyl (C=O) groups is 1. The SMILES string of the molecule is COC(=O)c1ccc(C2CCCc3c2noc3N)cc1. The number of nitrogens with two attached hydrogens (primary N) is 1. The van der Waals surface area contributed by atoms with Crippen LogP contribution in [0.2, 0.25) is 0 Å². The van der Waals surface area contributed by atoms with E-state index in [1.165, 1.54) is 7.11 Å². The Kier molecular flexibility index (Phi) is 3.18. The van der Waals surface area contributed by atoms with E-state index in [1.807, 2.05) is 12.1 Å². The van der Waals surface area contributed by atoms with E-state index in [2.05, 4.69) is 5.16 Å². The number of fused-ring (bicyclic) bond motifs is 1. The minimum Gasteiger partial charge on any atom is -0.465 e. The van der Waals surface area contributed by atoms with Gasteiger partial charge in [-0.2, -0.15) is 0 Å². The van der Waals surface area contributed by atoms with Crippen molar-refractivity contribution in [2.24, 2.45) is 0 Å². The average molecular weight is 272 g/mol. The van der Waals surface area contributed by atoms with Gasteiger partial charge in [0.2, 0.25) is 5.88 Å². The van der Waals surface area contributed by atoms with Gasteiger partial charge in [0.05, 0.1) is 18.4 Å². The van der Waals surface area contributed by atoms with Crippen LogP contribution in [-0.2, 0) is 11.2 Å². The predicted molar refractivity (Wildman–Crippen MR) is 73.5 cm³/mol. The number of hydrogen-bond donors (Lipinski definition) is 1. The summed E-state index contributed by atoms with van der Waals surface area (Å²) < 4.78 is 9.80. The van der Waals surface area contributed by atoms with E-state index < -0.39 is 0 Å². The Morgan fingerprint density at radius 3 is 2.85 bits per heavy atom. The van der Waals surface area contributed by atoms with Crippen molar-refractivity contribution in [1.82, 2.24) is 5.16 Å². The van der Waals surface area contributed by atoms with Crippen molar-refractivity contribution in [2.45, 2.75) is 25.2 Å². The summed E-state index contributed by atoms with van der Waals surface area (Å²) in [5.74, 6) is 0.286. The van der Waals surface area contributed by atoms with Gasteiger partial charge in [0.1, 0.15) is 0 Å². The van der Waals surface area contributed by atoms with Crippen LogP contribution in [-0.4, -0.2) is 18.2 Å². The van der Waals surface area contributed by atoms with E-state index in [4.69, 9.17) is 15.0 Å². The molecule has 5 nitrogen and oxygen atoms in total. The first-order chi connectivity index (χ1) is 9.70. The number of benzene rings is 1. The van der Waals surface area contributed by atoms with Gasteiger partial charge in [-0.05, 0) is 37.0 Å². The minimum atomic E-state index is -0.327. The lowest BCUT2D eigenvalue weighted by Crippen LogP contribution is -2.11. The molecule has 20 heavy (non-hydrogen) atoms. The first-order valence-electron chi connectivity index (χ1n) is 6.63. The lowest BCUT2D eigenvalue weighted by Gasteiger charge is -2.20. The van der Waals surface area contributed by atoms with Crippen molar-refractivity contribution in [1.29, 1.82) is 0 Å². The van der Waals surface area contributed by atoms with Crippen LogP contribution in [0.4, 0.5) is 5.88 Å². The van der Waals surface area contributed by atoms with Crippen molar-refractivity contribution >= 4 is 11.9 Å². The zero-order valence-electron chi connectivity index (χ0n) is 11.3. The number of nitrogens with zero attached hydrogens (tertiary/aromatic N) is 1. The van der Waals surface area contributed by atoms with Gasteiger partial charge in [0, 0.05) is 11.5 Å². The fourth-order valence-electron chi connectivity index (χ4n) is 2.77. The van der Waals surface area contributed by atoms with Gasteiger partial charge in [-0.1, -0.05) is 17.3 Å². The van der Waals surface area contributed by atoms with Crippen molar-refractivity contribution in [3.05, 3.63) is 46.6 Å². The Morgan fingerprint density at radius 2 is 2.15 bits per heavy atom. The Morgan fingerprint density at radius 1 is 1.40 bits per heavy atom. The van der Waals surface area contributed by atoms with Crippen LogP contribution in [0.5, 0.6) is 0 Å². The number of methoxy groups -OCH3 is 1. The third kappa shape index (κ3) is 2.05. The van der Waals surface area contributed by atoms with Crippen molar-refractivity contribution < 1.29 is 14.1 Å². The summed E-state index contributed by atoms with van der Waals surface area (Å²) in [5.41, 5.74) is 9.42. The maximum Gasteiger partial charge on any atom is 0.337 e. The lowest BCUT2D eigenvalue weighted by atomic mass is 9.83. The smallest absolute Gasteiger partial charge is 0.337 e. The van der Waals surface area contributed by atoms with E-state index in [0.29, 0.717) is 11.4 Å². The Bertz CT molecular complexity index is 631. The fraction of sp³-hybridized carbons (Fsp3) is 0.333. The fourth-order valence-corrected chi connectivity index (χ4v) is 2.77. The number of rotatable bonds is 2. The number of aromatic nitrogens is 1. The van der Waals surface area contributed by atoms with Gasteiger partial charge in [0.15, 0.2) is 0 Å². The molecule has 1 unspecified atom stereocenters. The summed E-state index contributed by atoms with van der Waals surface area (Å²) >= 11 is 0. The van der Waals surface area contributed by atoms with Gasteiger partial charge >= 0.3 is 5.97 Å². The van der Waals surface area contributed by atoms with Crippen LogP contribution >= 0.6 is 0 Å². The van der Waals surface area contributed by atoms with Crippen molar-refractivity contribution in [3.8, 4) is 0 Å². The number of nitrogen functional groups attached to an aromatic ring is 1. The highest BCUT2D eigenvalue weighted by atomic mass is 16.5. The molecule has 0 fully saturated rings. The topological polar surface area (TPSA) is 78.3 Å². The van der Waals surface area contributed by atoms with Gasteiger partial charge in [0.25, 0.3) is 0 Å². The van der Waals surface area contributed by atoms with Gasteiger partial charge in [-0.25, -0.2) is 4.79 Å². The van der Waals surface area contributed by atoms with Gasteiger partial charge in [-0.3, -0.25) is 0 Å². The second-order valence-corrected chi connectivity index (χ2v) is 4.97. The molecule has 2 N–H and O–H groups in total. The van der Waals surface area contributed by atoms with Crippen LogP contribution < -0.4 is 5.73 Å². The molecule has 0 amide bonds. The summed E-state index contributed by atoms with van der Waals surface area (Å²) in [4.78, 5) is 11.4. The highest BCUT2D eigenvalue weighted by Gasteiger charge is 2.27. The van der Waals surface area contributed by atoms with E-state index in [1.54, 1.807) is 12.1 Å². The second-order valence-electron chi connectivity index (χ2n) is 4.97. The number of anilines is 1. The van der Waals surface area contributed by atoms with E-state index in [-0.39, 0.29) is 11.9 Å². The van der Waals surface area contributed by atoms with E-state index >= 15 is 0 Å². The molecule has 1 aromatic carbocycles. The van der Waals surface area contributed by atoms with Crippen molar-refractivity contribution in [3.63, 3.8) is 0 Å². The quantitative estimate of drug-likeness (QED) is 0.850. The lowest BCUT2D eigenvalue weighted by molar-refractivity contribution is 0.0600. The molecule has 0 spiro atoms. The number of carbonyl (C=O) groups excluding carboxylic acids is 1. The Balaban J connectivity index is 1.92. The highest BCUT2D eigenvalue weighted by Crippen LogP contribution is 2.38. The highest BCUT2D eigenvalue weighted by molar-refractivity contribution is 5.89. The summed E-state index contributed by atoms with van der Waals surface area (Å²) in [6, 6.07) is 7.44. The third-order valence-corrected chi connectivity index (χ3v) is 3.83. The molecule has 0 aliphatic heterocycles. The molecule has 1 heterocycles. The molecule has 0 saturated carbocycles. The Hall–Kier alpha value is -2.30. The predicted octanol–water partition coefficient (Wildman–Crippen LogP) is 2.51. The third-order valence-electron chi connectivity index (χ3n) is 3.83. The van der Waals surface area contributed by atoms with Crippen LogP contribution in [0.25, 0.3) is 0 Å². The molecule has 1 aliphatic rings. The van der Waals surface area contributed by atoms with E-state index in [9.17, 15) is 4.79 Å². The van der Waals surface area contributed by atoms with Crippen LogP contribution in [0.1, 0.15) is 45.9 Å². The number of hydrogen-bond acceptors (Lipinski definition) is 5. The van der Waals surface area contributed by atoms with Gasteiger partial charge in [-0.15, -0.1) is 0 Å². The molecule has 1 atom stereocenters. The normalized spacial score (nSPS) is 17.6. The van der Waals surface area contributed by atoms with Crippen LogP contribution in [0.3, 0.4) is 0 Å². The molecule has 1 aromatic heterocycles. The van der Waals surface area contributed by atoms with Crippen LogP contribution in [0, 0.1) is 0 Å². The summed E-state index contributed by atoms with van der Waals surface area (Å²) in [6.45, 7) is 0. The molecule has 1 aliphatic carbocycles.